The van der Waals surface area contributed by atoms with Crippen molar-refractivity contribution in [2.24, 2.45) is 0 Å². The van der Waals surface area contributed by atoms with Crippen molar-refractivity contribution in [3.8, 4) is 0 Å². The fourth-order valence-electron chi connectivity index (χ4n) is 3.50. The highest BCUT2D eigenvalue weighted by Crippen LogP contribution is 2.14. The highest BCUT2D eigenvalue weighted by molar-refractivity contribution is 5.79. The highest BCUT2D eigenvalue weighted by atomic mass is 16.6. The lowest BCUT2D eigenvalue weighted by Gasteiger charge is -2.35. The molecule has 2 aromatic rings. The van der Waals surface area contributed by atoms with E-state index in [2.05, 4.69) is 28.3 Å². The number of amides is 1. The van der Waals surface area contributed by atoms with Crippen LogP contribution < -0.4 is 0 Å². The van der Waals surface area contributed by atoms with Crippen LogP contribution in [0.4, 0.5) is 5.69 Å². The molecule has 1 fully saturated rings. The van der Waals surface area contributed by atoms with Crippen LogP contribution in [0.1, 0.15) is 31.2 Å². The number of nitrogens with zero attached hydrogens (tertiary/aromatic N) is 5. The van der Waals surface area contributed by atoms with Gasteiger partial charge >= 0.3 is 0 Å². The molecule has 3 rings (SSSR count). The molecular weight excluding hydrogens is 358 g/mol. The van der Waals surface area contributed by atoms with Crippen molar-refractivity contribution in [3.63, 3.8) is 0 Å². The van der Waals surface area contributed by atoms with Crippen molar-refractivity contribution in [1.82, 2.24) is 19.4 Å². The van der Waals surface area contributed by atoms with E-state index in [0.717, 1.165) is 37.6 Å². The van der Waals surface area contributed by atoms with Gasteiger partial charge in [0.2, 0.25) is 5.91 Å². The Morgan fingerprint density at radius 1 is 1.14 bits per heavy atom. The van der Waals surface area contributed by atoms with Crippen LogP contribution in [-0.2, 0) is 17.8 Å². The number of hydrogen-bond donors (Lipinski definition) is 0. The first-order valence-corrected chi connectivity index (χ1v) is 9.68. The van der Waals surface area contributed by atoms with Crippen LogP contribution in [0.2, 0.25) is 0 Å². The molecule has 0 unspecified atom stereocenters. The molecule has 0 saturated carbocycles. The molecule has 1 aromatic carbocycles. The highest BCUT2D eigenvalue weighted by Gasteiger charge is 2.21. The minimum Gasteiger partial charge on any atom is -0.340 e. The van der Waals surface area contributed by atoms with Gasteiger partial charge < -0.3 is 9.47 Å². The van der Waals surface area contributed by atoms with Gasteiger partial charge in [0.25, 0.3) is 5.69 Å². The summed E-state index contributed by atoms with van der Waals surface area (Å²) in [5, 5.41) is 10.7. The Hall–Kier alpha value is -2.74. The van der Waals surface area contributed by atoms with Crippen molar-refractivity contribution in [1.29, 1.82) is 0 Å². The van der Waals surface area contributed by atoms with E-state index < -0.39 is 4.92 Å². The minimum absolute atomic E-state index is 0.0447. The summed E-state index contributed by atoms with van der Waals surface area (Å²) in [5.74, 6) is 1.59. The van der Waals surface area contributed by atoms with Crippen molar-refractivity contribution in [2.45, 2.75) is 32.7 Å². The summed E-state index contributed by atoms with van der Waals surface area (Å²) in [4.78, 5) is 31.5. The Balaban J connectivity index is 1.44. The maximum absolute atomic E-state index is 12.5. The van der Waals surface area contributed by atoms with Crippen molar-refractivity contribution in [2.75, 3.05) is 32.7 Å². The van der Waals surface area contributed by atoms with E-state index in [9.17, 15) is 14.9 Å². The monoisotopic (exact) mass is 385 g/mol. The molecule has 1 saturated heterocycles. The molecular formula is C20H27N5O3. The largest absolute Gasteiger partial charge is 0.340 e. The van der Waals surface area contributed by atoms with E-state index in [4.69, 9.17) is 0 Å². The summed E-state index contributed by atoms with van der Waals surface area (Å²) in [7, 11) is 0. The van der Waals surface area contributed by atoms with Crippen LogP contribution in [0.5, 0.6) is 0 Å². The van der Waals surface area contributed by atoms with E-state index in [0.29, 0.717) is 19.0 Å². The summed E-state index contributed by atoms with van der Waals surface area (Å²) >= 11 is 0. The number of non-ortho nitro benzene ring substituents is 1. The zero-order valence-electron chi connectivity index (χ0n) is 16.5. The van der Waals surface area contributed by atoms with Gasteiger partial charge in [0.15, 0.2) is 0 Å². The molecule has 0 radical (unpaired) electrons. The lowest BCUT2D eigenvalue weighted by molar-refractivity contribution is -0.384. The van der Waals surface area contributed by atoms with Gasteiger partial charge in [-0.25, -0.2) is 4.98 Å². The lowest BCUT2D eigenvalue weighted by atomic mass is 10.1. The molecule has 8 nitrogen and oxygen atoms in total. The molecule has 28 heavy (non-hydrogen) atoms. The molecule has 8 heteroatoms. The predicted molar refractivity (Wildman–Crippen MR) is 106 cm³/mol. The number of hydrogen-bond acceptors (Lipinski definition) is 5. The van der Waals surface area contributed by atoms with Crippen LogP contribution in [0.3, 0.4) is 0 Å². The van der Waals surface area contributed by atoms with E-state index in [1.54, 1.807) is 12.1 Å². The number of piperazine rings is 1. The maximum Gasteiger partial charge on any atom is 0.269 e. The van der Waals surface area contributed by atoms with E-state index in [-0.39, 0.29) is 18.0 Å². The first-order valence-electron chi connectivity index (χ1n) is 9.68. The van der Waals surface area contributed by atoms with Crippen LogP contribution in [0.15, 0.2) is 36.7 Å². The third-order valence-corrected chi connectivity index (χ3v) is 5.15. The number of rotatable bonds is 7. The lowest BCUT2D eigenvalue weighted by Crippen LogP contribution is -2.49. The summed E-state index contributed by atoms with van der Waals surface area (Å²) in [5.41, 5.74) is 0.850. The van der Waals surface area contributed by atoms with Gasteiger partial charge in [0.1, 0.15) is 5.82 Å². The second kappa shape index (κ2) is 8.97. The average Bonchev–Trinajstić information content (AvgIpc) is 3.16. The Labute approximate surface area is 164 Å². The van der Waals surface area contributed by atoms with Gasteiger partial charge in [-0.2, -0.15) is 0 Å². The SMILES string of the molecule is CC(C)c1nccn1CCN1CCN(C(=O)Cc2ccc([N+](=O)[O-])cc2)CC1. The normalized spacial score (nSPS) is 15.2. The number of nitro groups is 1. The topological polar surface area (TPSA) is 84.5 Å². The second-order valence-electron chi connectivity index (χ2n) is 7.46. The zero-order valence-corrected chi connectivity index (χ0v) is 16.5. The van der Waals surface area contributed by atoms with Crippen molar-refractivity contribution in [3.05, 3.63) is 58.2 Å². The summed E-state index contributed by atoms with van der Waals surface area (Å²) in [6.45, 7) is 9.29. The second-order valence-corrected chi connectivity index (χ2v) is 7.46. The third kappa shape index (κ3) is 4.95. The Morgan fingerprint density at radius 3 is 2.43 bits per heavy atom. The van der Waals surface area contributed by atoms with Crippen LogP contribution >= 0.6 is 0 Å². The fourth-order valence-corrected chi connectivity index (χ4v) is 3.50. The molecule has 1 aliphatic heterocycles. The molecule has 0 bridgehead atoms. The first kappa shape index (κ1) is 20.0. The van der Waals surface area contributed by atoms with Crippen LogP contribution in [0, 0.1) is 10.1 Å². The van der Waals surface area contributed by atoms with Crippen LogP contribution in [0.25, 0.3) is 0 Å². The third-order valence-electron chi connectivity index (χ3n) is 5.15. The molecule has 0 atom stereocenters. The quantitative estimate of drug-likeness (QED) is 0.539. The van der Waals surface area contributed by atoms with Gasteiger partial charge in [-0.15, -0.1) is 0 Å². The fraction of sp³-hybridized carbons (Fsp3) is 0.500. The Bertz CT molecular complexity index is 808. The Morgan fingerprint density at radius 2 is 1.82 bits per heavy atom. The van der Waals surface area contributed by atoms with Gasteiger partial charge in [-0.1, -0.05) is 26.0 Å². The molecule has 2 heterocycles. The predicted octanol–water partition coefficient (Wildman–Crippen LogP) is 2.30. The first-order chi connectivity index (χ1) is 13.4. The number of nitro benzene ring substituents is 1. The van der Waals surface area contributed by atoms with Gasteiger partial charge in [0.05, 0.1) is 11.3 Å². The smallest absolute Gasteiger partial charge is 0.269 e. The van der Waals surface area contributed by atoms with E-state index >= 15 is 0 Å². The zero-order chi connectivity index (χ0) is 20.1. The van der Waals surface area contributed by atoms with E-state index in [1.165, 1.54) is 12.1 Å². The number of imidazole rings is 1. The summed E-state index contributed by atoms with van der Waals surface area (Å²) in [6, 6.07) is 6.21. The number of benzene rings is 1. The number of carbonyl (C=O) groups excluding carboxylic acids is 1. The van der Waals surface area contributed by atoms with Crippen molar-refractivity contribution < 1.29 is 9.72 Å². The van der Waals surface area contributed by atoms with Gasteiger partial charge in [-0.3, -0.25) is 19.8 Å². The molecule has 1 aromatic heterocycles. The molecule has 150 valence electrons. The summed E-state index contributed by atoms with van der Waals surface area (Å²) in [6.07, 6.45) is 4.16. The standard InChI is InChI=1S/C20H27N5O3/c1-16(2)20-21-7-8-24(20)14-11-22-9-12-23(13-10-22)19(26)15-17-3-5-18(6-4-17)25(27)28/h3-8,16H,9-15H2,1-2H3. The number of aromatic nitrogens is 2. The van der Waals surface area contributed by atoms with Gasteiger partial charge in [0, 0.05) is 69.7 Å². The molecule has 0 aliphatic carbocycles. The van der Waals surface area contributed by atoms with Gasteiger partial charge in [-0.05, 0) is 5.56 Å². The van der Waals surface area contributed by atoms with Crippen molar-refractivity contribution >= 4 is 11.6 Å². The van der Waals surface area contributed by atoms with Crippen LogP contribution in [-0.4, -0.2) is 62.9 Å². The maximum atomic E-state index is 12.5. The molecule has 1 amide bonds. The molecule has 0 spiro atoms. The van der Waals surface area contributed by atoms with E-state index in [1.807, 2.05) is 17.3 Å². The Kier molecular flexibility index (Phi) is 6.41. The summed E-state index contributed by atoms with van der Waals surface area (Å²) < 4.78 is 2.21. The average molecular weight is 385 g/mol. The number of carbonyl (C=O) groups is 1. The molecule has 0 N–H and O–H groups in total. The minimum atomic E-state index is -0.432. The molecule has 1 aliphatic rings.